The Kier molecular flexibility index (Phi) is 3.94. The molecule has 3 heteroatoms. The van der Waals surface area contributed by atoms with Crippen LogP contribution in [0, 0.1) is 0 Å². The van der Waals surface area contributed by atoms with Crippen molar-refractivity contribution in [3.8, 4) is 0 Å². The van der Waals surface area contributed by atoms with Gasteiger partial charge in [-0.05, 0) is 13.3 Å². The number of hydrogen-bond donors (Lipinski definition) is 1. The standard InChI is InChI=1S/C7H14BrNO/c1-4-7(3,5-8)9-6(2)10/h4-5H2,1-3H3,(H,9,10). The number of amides is 1. The van der Waals surface area contributed by atoms with E-state index in [0.717, 1.165) is 11.8 Å². The highest BCUT2D eigenvalue weighted by Crippen LogP contribution is 2.11. The van der Waals surface area contributed by atoms with Crippen LogP contribution >= 0.6 is 15.9 Å². The molecule has 1 unspecified atom stereocenters. The van der Waals surface area contributed by atoms with Crippen LogP contribution in [0.2, 0.25) is 0 Å². The Bertz CT molecular complexity index is 121. The third-order valence-corrected chi connectivity index (χ3v) is 2.79. The van der Waals surface area contributed by atoms with E-state index >= 15 is 0 Å². The van der Waals surface area contributed by atoms with E-state index in [4.69, 9.17) is 0 Å². The van der Waals surface area contributed by atoms with Gasteiger partial charge in [-0.2, -0.15) is 0 Å². The Labute approximate surface area is 70.5 Å². The summed E-state index contributed by atoms with van der Waals surface area (Å²) in [6, 6.07) is 0. The highest BCUT2D eigenvalue weighted by atomic mass is 79.9. The fraction of sp³-hybridized carbons (Fsp3) is 0.857. The summed E-state index contributed by atoms with van der Waals surface area (Å²) in [5.41, 5.74) is -0.0775. The molecule has 0 saturated carbocycles. The lowest BCUT2D eigenvalue weighted by Gasteiger charge is -2.26. The molecule has 0 aromatic rings. The number of halogens is 1. The van der Waals surface area contributed by atoms with Gasteiger partial charge in [-0.1, -0.05) is 22.9 Å². The fourth-order valence-corrected chi connectivity index (χ4v) is 1.18. The third kappa shape index (κ3) is 3.20. The van der Waals surface area contributed by atoms with Crippen molar-refractivity contribution in [2.45, 2.75) is 32.7 Å². The molecule has 0 aliphatic carbocycles. The summed E-state index contributed by atoms with van der Waals surface area (Å²) >= 11 is 3.35. The predicted octanol–water partition coefficient (Wildman–Crippen LogP) is 1.69. The first-order chi connectivity index (χ1) is 4.54. The second-order valence-corrected chi connectivity index (χ2v) is 3.29. The van der Waals surface area contributed by atoms with E-state index in [2.05, 4.69) is 28.2 Å². The van der Waals surface area contributed by atoms with Crippen molar-refractivity contribution in [2.75, 3.05) is 5.33 Å². The van der Waals surface area contributed by atoms with Gasteiger partial charge in [0.1, 0.15) is 0 Å². The van der Waals surface area contributed by atoms with Crippen LogP contribution in [0.4, 0.5) is 0 Å². The zero-order valence-electron chi connectivity index (χ0n) is 6.70. The molecule has 2 nitrogen and oxygen atoms in total. The van der Waals surface area contributed by atoms with E-state index in [9.17, 15) is 4.79 Å². The second kappa shape index (κ2) is 3.96. The predicted molar refractivity (Wildman–Crippen MR) is 46.3 cm³/mol. The van der Waals surface area contributed by atoms with Crippen molar-refractivity contribution in [1.29, 1.82) is 0 Å². The zero-order chi connectivity index (χ0) is 8.20. The average molecular weight is 208 g/mol. The minimum atomic E-state index is -0.0775. The lowest BCUT2D eigenvalue weighted by Crippen LogP contribution is -2.45. The van der Waals surface area contributed by atoms with Crippen molar-refractivity contribution in [3.63, 3.8) is 0 Å². The quantitative estimate of drug-likeness (QED) is 0.702. The summed E-state index contributed by atoms with van der Waals surface area (Å²) in [5, 5.41) is 3.67. The SMILES string of the molecule is CCC(C)(CBr)NC(C)=O. The molecule has 0 spiro atoms. The summed E-state index contributed by atoms with van der Waals surface area (Å²) in [5.74, 6) is 0.0313. The van der Waals surface area contributed by atoms with Crippen LogP contribution < -0.4 is 5.32 Å². The van der Waals surface area contributed by atoms with Crippen molar-refractivity contribution in [1.82, 2.24) is 5.32 Å². The monoisotopic (exact) mass is 207 g/mol. The Morgan fingerprint density at radius 3 is 2.30 bits per heavy atom. The van der Waals surface area contributed by atoms with Gasteiger partial charge in [0.25, 0.3) is 0 Å². The Balaban J connectivity index is 3.92. The van der Waals surface area contributed by atoms with E-state index in [-0.39, 0.29) is 11.4 Å². The van der Waals surface area contributed by atoms with Gasteiger partial charge in [-0.3, -0.25) is 4.79 Å². The van der Waals surface area contributed by atoms with Gasteiger partial charge in [0, 0.05) is 17.8 Å². The first-order valence-electron chi connectivity index (χ1n) is 3.39. The lowest BCUT2D eigenvalue weighted by molar-refractivity contribution is -0.120. The van der Waals surface area contributed by atoms with Crippen LogP contribution in [0.1, 0.15) is 27.2 Å². The van der Waals surface area contributed by atoms with Gasteiger partial charge in [0.2, 0.25) is 5.91 Å². The molecule has 1 atom stereocenters. The molecular weight excluding hydrogens is 194 g/mol. The Hall–Kier alpha value is -0.0500. The summed E-state index contributed by atoms with van der Waals surface area (Å²) in [4.78, 5) is 10.6. The molecule has 0 radical (unpaired) electrons. The number of carbonyl (C=O) groups is 1. The molecule has 0 rings (SSSR count). The molecule has 0 fully saturated rings. The number of carbonyl (C=O) groups excluding carboxylic acids is 1. The zero-order valence-corrected chi connectivity index (χ0v) is 8.29. The van der Waals surface area contributed by atoms with Gasteiger partial charge < -0.3 is 5.32 Å². The van der Waals surface area contributed by atoms with Crippen LogP contribution in [-0.4, -0.2) is 16.8 Å². The minimum absolute atomic E-state index is 0.0313. The van der Waals surface area contributed by atoms with Crippen LogP contribution in [-0.2, 0) is 4.79 Å². The molecule has 0 bridgehead atoms. The van der Waals surface area contributed by atoms with Gasteiger partial charge in [-0.15, -0.1) is 0 Å². The maximum absolute atomic E-state index is 10.6. The number of hydrogen-bond acceptors (Lipinski definition) is 1. The van der Waals surface area contributed by atoms with Crippen LogP contribution in [0.5, 0.6) is 0 Å². The van der Waals surface area contributed by atoms with Crippen LogP contribution in [0.25, 0.3) is 0 Å². The van der Waals surface area contributed by atoms with E-state index in [1.54, 1.807) is 0 Å². The van der Waals surface area contributed by atoms with Crippen molar-refractivity contribution >= 4 is 21.8 Å². The lowest BCUT2D eigenvalue weighted by atomic mass is 10.0. The first kappa shape index (κ1) is 9.95. The molecule has 60 valence electrons. The van der Waals surface area contributed by atoms with Crippen molar-refractivity contribution in [3.05, 3.63) is 0 Å². The van der Waals surface area contributed by atoms with Crippen molar-refractivity contribution < 1.29 is 4.79 Å². The van der Waals surface area contributed by atoms with E-state index in [1.807, 2.05) is 6.92 Å². The van der Waals surface area contributed by atoms with Gasteiger partial charge in [0.05, 0.1) is 0 Å². The Morgan fingerprint density at radius 1 is 1.70 bits per heavy atom. The van der Waals surface area contributed by atoms with Gasteiger partial charge in [-0.25, -0.2) is 0 Å². The summed E-state index contributed by atoms with van der Waals surface area (Å²) in [6.07, 6.45) is 0.942. The van der Waals surface area contributed by atoms with E-state index in [1.165, 1.54) is 6.92 Å². The van der Waals surface area contributed by atoms with Gasteiger partial charge in [0.15, 0.2) is 0 Å². The molecule has 1 amide bonds. The molecule has 0 aromatic heterocycles. The van der Waals surface area contributed by atoms with E-state index < -0.39 is 0 Å². The van der Waals surface area contributed by atoms with Crippen LogP contribution in [0.3, 0.4) is 0 Å². The maximum Gasteiger partial charge on any atom is 0.217 e. The van der Waals surface area contributed by atoms with E-state index in [0.29, 0.717) is 0 Å². The normalized spacial score (nSPS) is 16.0. The van der Waals surface area contributed by atoms with Gasteiger partial charge >= 0.3 is 0 Å². The maximum atomic E-state index is 10.6. The first-order valence-corrected chi connectivity index (χ1v) is 4.51. The molecule has 0 aliphatic rings. The Morgan fingerprint density at radius 2 is 2.20 bits per heavy atom. The average Bonchev–Trinajstić information content (AvgIpc) is 1.87. The molecule has 0 heterocycles. The summed E-state index contributed by atoms with van der Waals surface area (Å²) in [7, 11) is 0. The minimum Gasteiger partial charge on any atom is -0.350 e. The molecule has 1 N–H and O–H groups in total. The number of rotatable bonds is 3. The topological polar surface area (TPSA) is 29.1 Å². The van der Waals surface area contributed by atoms with Crippen molar-refractivity contribution in [2.24, 2.45) is 0 Å². The number of nitrogens with one attached hydrogen (secondary N) is 1. The third-order valence-electron chi connectivity index (χ3n) is 1.55. The molecule has 0 aliphatic heterocycles. The molecular formula is C7H14BrNO. The highest BCUT2D eigenvalue weighted by Gasteiger charge is 2.20. The highest BCUT2D eigenvalue weighted by molar-refractivity contribution is 9.09. The summed E-state index contributed by atoms with van der Waals surface area (Å²) in [6.45, 7) is 5.61. The fourth-order valence-electron chi connectivity index (χ4n) is 0.641. The molecule has 0 saturated heterocycles. The smallest absolute Gasteiger partial charge is 0.217 e. The second-order valence-electron chi connectivity index (χ2n) is 2.73. The number of alkyl halides is 1. The summed E-state index contributed by atoms with van der Waals surface area (Å²) < 4.78 is 0. The molecule has 0 aromatic carbocycles. The molecule has 10 heavy (non-hydrogen) atoms. The largest absolute Gasteiger partial charge is 0.350 e. The van der Waals surface area contributed by atoms with Crippen LogP contribution in [0.15, 0.2) is 0 Å².